The predicted molar refractivity (Wildman–Crippen MR) is 73.1 cm³/mol. The number of rotatable bonds is 2. The van der Waals surface area contributed by atoms with E-state index in [1.807, 2.05) is 0 Å². The third kappa shape index (κ3) is 2.92. The van der Waals surface area contributed by atoms with E-state index in [0.717, 1.165) is 31.5 Å². The maximum atomic E-state index is 10.6. The summed E-state index contributed by atoms with van der Waals surface area (Å²) in [4.78, 5) is 13.0. The van der Waals surface area contributed by atoms with E-state index < -0.39 is 5.97 Å². The van der Waals surface area contributed by atoms with Crippen molar-refractivity contribution in [1.82, 2.24) is 0 Å². The molecule has 18 heavy (non-hydrogen) atoms. The summed E-state index contributed by atoms with van der Waals surface area (Å²) in [6.07, 6.45) is 3.06. The van der Waals surface area contributed by atoms with Gasteiger partial charge in [0.05, 0.1) is 0 Å². The van der Waals surface area contributed by atoms with E-state index in [2.05, 4.69) is 36.9 Å². The molecule has 96 valence electrons. The SMILES string of the molecule is Cc1ccc(C)c(N2CCC(=CC(=O)O)CC2)c1. The van der Waals surface area contributed by atoms with Crippen LogP contribution in [-0.2, 0) is 4.79 Å². The molecule has 0 aliphatic carbocycles. The number of carbonyl (C=O) groups is 1. The molecule has 1 N–H and O–H groups in total. The van der Waals surface area contributed by atoms with Crippen LogP contribution in [0.5, 0.6) is 0 Å². The molecule has 1 heterocycles. The summed E-state index contributed by atoms with van der Waals surface area (Å²) in [7, 11) is 0. The zero-order valence-corrected chi connectivity index (χ0v) is 10.9. The lowest BCUT2D eigenvalue weighted by atomic mass is 10.0. The summed E-state index contributed by atoms with van der Waals surface area (Å²) >= 11 is 0. The van der Waals surface area contributed by atoms with Crippen LogP contribution in [0.1, 0.15) is 24.0 Å². The van der Waals surface area contributed by atoms with Gasteiger partial charge in [-0.1, -0.05) is 17.7 Å². The summed E-state index contributed by atoms with van der Waals surface area (Å²) in [5.74, 6) is -0.829. The minimum absolute atomic E-state index is 0.829. The summed E-state index contributed by atoms with van der Waals surface area (Å²) < 4.78 is 0. The van der Waals surface area contributed by atoms with Crippen LogP contribution in [0.3, 0.4) is 0 Å². The Kier molecular flexibility index (Phi) is 3.70. The zero-order valence-electron chi connectivity index (χ0n) is 10.9. The molecule has 0 atom stereocenters. The Morgan fingerprint density at radius 3 is 2.56 bits per heavy atom. The van der Waals surface area contributed by atoms with E-state index in [1.165, 1.54) is 22.9 Å². The van der Waals surface area contributed by atoms with Gasteiger partial charge in [-0.2, -0.15) is 0 Å². The highest BCUT2D eigenvalue weighted by atomic mass is 16.4. The molecule has 0 saturated carbocycles. The van der Waals surface area contributed by atoms with Crippen molar-refractivity contribution in [1.29, 1.82) is 0 Å². The molecule has 0 bridgehead atoms. The molecular formula is C15H19NO2. The van der Waals surface area contributed by atoms with Crippen molar-refractivity contribution in [2.45, 2.75) is 26.7 Å². The number of nitrogens with zero attached hydrogens (tertiary/aromatic N) is 1. The quantitative estimate of drug-likeness (QED) is 0.814. The molecule has 2 rings (SSSR count). The Labute approximate surface area is 108 Å². The second-order valence-corrected chi connectivity index (χ2v) is 4.92. The van der Waals surface area contributed by atoms with Gasteiger partial charge in [0.25, 0.3) is 0 Å². The summed E-state index contributed by atoms with van der Waals surface area (Å²) in [5.41, 5.74) is 4.88. The molecule has 0 spiro atoms. The van der Waals surface area contributed by atoms with Crippen LogP contribution < -0.4 is 4.90 Å². The van der Waals surface area contributed by atoms with E-state index in [4.69, 9.17) is 5.11 Å². The molecule has 1 fully saturated rings. The van der Waals surface area contributed by atoms with Gasteiger partial charge in [-0.05, 0) is 43.9 Å². The van der Waals surface area contributed by atoms with Gasteiger partial charge in [0.1, 0.15) is 0 Å². The van der Waals surface area contributed by atoms with Crippen molar-refractivity contribution in [3.63, 3.8) is 0 Å². The Hall–Kier alpha value is -1.77. The third-order valence-corrected chi connectivity index (χ3v) is 3.44. The number of hydrogen-bond acceptors (Lipinski definition) is 2. The number of carboxylic acids is 1. The van der Waals surface area contributed by atoms with Crippen LogP contribution in [0.2, 0.25) is 0 Å². The van der Waals surface area contributed by atoms with Gasteiger partial charge in [0, 0.05) is 24.9 Å². The first kappa shape index (κ1) is 12.7. The molecule has 1 aromatic rings. The van der Waals surface area contributed by atoms with Crippen LogP contribution in [0.4, 0.5) is 5.69 Å². The largest absolute Gasteiger partial charge is 0.478 e. The van der Waals surface area contributed by atoms with Crippen molar-refractivity contribution >= 4 is 11.7 Å². The Morgan fingerprint density at radius 2 is 1.94 bits per heavy atom. The van der Waals surface area contributed by atoms with Gasteiger partial charge in [0.2, 0.25) is 0 Å². The number of aryl methyl sites for hydroxylation is 2. The van der Waals surface area contributed by atoms with Gasteiger partial charge < -0.3 is 10.0 Å². The lowest BCUT2D eigenvalue weighted by Gasteiger charge is -2.31. The second-order valence-electron chi connectivity index (χ2n) is 4.92. The maximum absolute atomic E-state index is 10.6. The highest BCUT2D eigenvalue weighted by molar-refractivity contribution is 5.80. The van der Waals surface area contributed by atoms with Crippen LogP contribution in [0.15, 0.2) is 29.8 Å². The molecule has 3 heteroatoms. The van der Waals surface area contributed by atoms with Gasteiger partial charge >= 0.3 is 5.97 Å². The zero-order chi connectivity index (χ0) is 13.1. The van der Waals surface area contributed by atoms with Crippen molar-refractivity contribution in [2.75, 3.05) is 18.0 Å². The molecule has 0 aromatic heterocycles. The normalized spacial score (nSPS) is 15.7. The number of anilines is 1. The standard InChI is InChI=1S/C15H19NO2/c1-11-3-4-12(2)14(9-11)16-7-5-13(6-8-16)10-15(17)18/h3-4,9-10H,5-8H2,1-2H3,(H,17,18). The first-order chi connectivity index (χ1) is 8.56. The number of piperidine rings is 1. The third-order valence-electron chi connectivity index (χ3n) is 3.44. The summed E-state index contributed by atoms with van der Waals surface area (Å²) in [6.45, 7) is 6.03. The average molecular weight is 245 g/mol. The second kappa shape index (κ2) is 5.25. The molecule has 1 saturated heterocycles. The first-order valence-electron chi connectivity index (χ1n) is 6.31. The highest BCUT2D eigenvalue weighted by Gasteiger charge is 2.16. The minimum Gasteiger partial charge on any atom is -0.478 e. The predicted octanol–water partition coefficient (Wildman–Crippen LogP) is 2.91. The lowest BCUT2D eigenvalue weighted by molar-refractivity contribution is -0.131. The van der Waals surface area contributed by atoms with E-state index in [0.29, 0.717) is 0 Å². The molecule has 0 unspecified atom stereocenters. The van der Waals surface area contributed by atoms with Crippen LogP contribution in [0, 0.1) is 13.8 Å². The van der Waals surface area contributed by atoms with Crippen molar-refractivity contribution in [3.05, 3.63) is 41.0 Å². The average Bonchev–Trinajstić information content (AvgIpc) is 2.33. The Bertz CT molecular complexity index is 481. The topological polar surface area (TPSA) is 40.5 Å². The number of aliphatic carboxylic acids is 1. The molecule has 1 aromatic carbocycles. The fourth-order valence-corrected chi connectivity index (χ4v) is 2.41. The van der Waals surface area contributed by atoms with Gasteiger partial charge in [-0.3, -0.25) is 0 Å². The summed E-state index contributed by atoms with van der Waals surface area (Å²) in [5, 5.41) is 8.74. The molecule has 1 aliphatic heterocycles. The number of carboxylic acid groups (broad SMARTS) is 1. The van der Waals surface area contributed by atoms with Gasteiger partial charge in [0.15, 0.2) is 0 Å². The highest BCUT2D eigenvalue weighted by Crippen LogP contribution is 2.26. The minimum atomic E-state index is -0.829. The number of benzene rings is 1. The van der Waals surface area contributed by atoms with Crippen LogP contribution >= 0.6 is 0 Å². The van der Waals surface area contributed by atoms with Crippen LogP contribution in [0.25, 0.3) is 0 Å². The van der Waals surface area contributed by atoms with Crippen molar-refractivity contribution in [3.8, 4) is 0 Å². The van der Waals surface area contributed by atoms with Gasteiger partial charge in [-0.15, -0.1) is 0 Å². The van der Waals surface area contributed by atoms with Crippen molar-refractivity contribution < 1.29 is 9.90 Å². The van der Waals surface area contributed by atoms with Crippen LogP contribution in [-0.4, -0.2) is 24.2 Å². The monoisotopic (exact) mass is 245 g/mol. The molecule has 3 nitrogen and oxygen atoms in total. The molecule has 1 aliphatic rings. The number of hydrogen-bond donors (Lipinski definition) is 1. The van der Waals surface area contributed by atoms with E-state index in [9.17, 15) is 4.79 Å². The lowest BCUT2D eigenvalue weighted by Crippen LogP contribution is -2.31. The van der Waals surface area contributed by atoms with Gasteiger partial charge in [-0.25, -0.2) is 4.79 Å². The summed E-state index contributed by atoms with van der Waals surface area (Å²) in [6, 6.07) is 6.48. The Balaban J connectivity index is 2.10. The molecular weight excluding hydrogens is 226 g/mol. The Morgan fingerprint density at radius 1 is 1.28 bits per heavy atom. The molecule has 0 radical (unpaired) electrons. The van der Waals surface area contributed by atoms with E-state index in [-0.39, 0.29) is 0 Å². The molecule has 0 amide bonds. The maximum Gasteiger partial charge on any atom is 0.328 e. The van der Waals surface area contributed by atoms with E-state index >= 15 is 0 Å². The van der Waals surface area contributed by atoms with E-state index in [1.54, 1.807) is 0 Å². The first-order valence-corrected chi connectivity index (χ1v) is 6.31. The fraction of sp³-hybridized carbons (Fsp3) is 0.400. The smallest absolute Gasteiger partial charge is 0.328 e. The fourth-order valence-electron chi connectivity index (χ4n) is 2.41. The van der Waals surface area contributed by atoms with Crippen molar-refractivity contribution in [2.24, 2.45) is 0 Å².